The van der Waals surface area contributed by atoms with E-state index in [0.717, 1.165) is 12.8 Å². The fraction of sp³-hybridized carbons (Fsp3) is 0.429. The molecule has 1 radical (unpaired) electrons. The largest absolute Gasteiger partial charge is 0.462 e. The molecule has 0 saturated carbocycles. The van der Waals surface area contributed by atoms with Gasteiger partial charge in [0.15, 0.2) is 0 Å². The van der Waals surface area contributed by atoms with Gasteiger partial charge in [-0.2, -0.15) is 0 Å². The Balaban J connectivity index is 2.62. The summed E-state index contributed by atoms with van der Waals surface area (Å²) in [4.78, 5) is 23.0. The van der Waals surface area contributed by atoms with Crippen LogP contribution in [0.3, 0.4) is 0 Å². The summed E-state index contributed by atoms with van der Waals surface area (Å²) in [7, 11) is 0. The van der Waals surface area contributed by atoms with Crippen LogP contribution < -0.4 is 0 Å². The van der Waals surface area contributed by atoms with Crippen LogP contribution in [-0.2, 0) is 9.47 Å². The van der Waals surface area contributed by atoms with Crippen LogP contribution in [0.2, 0.25) is 0 Å². The Morgan fingerprint density at radius 1 is 1.06 bits per heavy atom. The molecule has 0 unspecified atom stereocenters. The van der Waals surface area contributed by atoms with Crippen molar-refractivity contribution in [2.24, 2.45) is 0 Å². The van der Waals surface area contributed by atoms with Crippen molar-refractivity contribution in [1.82, 2.24) is 0 Å². The van der Waals surface area contributed by atoms with Crippen LogP contribution in [0.5, 0.6) is 0 Å². The lowest BCUT2D eigenvalue weighted by Gasteiger charge is -2.04. The van der Waals surface area contributed by atoms with Crippen LogP contribution in [0.4, 0.5) is 0 Å². The molecule has 1 aromatic carbocycles. The van der Waals surface area contributed by atoms with Crippen molar-refractivity contribution in [2.45, 2.75) is 26.7 Å². The predicted octanol–water partition coefficient (Wildman–Crippen LogP) is 2.62. The Bertz CT molecular complexity index is 356. The van der Waals surface area contributed by atoms with Gasteiger partial charge in [-0.1, -0.05) is 13.8 Å². The molecule has 1 aromatic rings. The lowest BCUT2D eigenvalue weighted by atomic mass is 10.1. The SMILES string of the molecule is CCCOC(=O)c1[c]cc(C(=O)OCCC)cc1. The van der Waals surface area contributed by atoms with Gasteiger partial charge in [-0.15, -0.1) is 0 Å². The van der Waals surface area contributed by atoms with Crippen LogP contribution in [0.1, 0.15) is 47.4 Å². The number of benzene rings is 1. The Labute approximate surface area is 107 Å². The summed E-state index contributed by atoms with van der Waals surface area (Å²) < 4.78 is 9.92. The molecule has 0 fully saturated rings. The quantitative estimate of drug-likeness (QED) is 0.727. The van der Waals surface area contributed by atoms with Crippen molar-refractivity contribution >= 4 is 11.9 Å². The summed E-state index contributed by atoms with van der Waals surface area (Å²) >= 11 is 0. The van der Waals surface area contributed by atoms with Crippen molar-refractivity contribution in [3.8, 4) is 0 Å². The molecule has 0 aromatic heterocycles. The fourth-order valence-electron chi connectivity index (χ4n) is 1.23. The second kappa shape index (κ2) is 7.48. The van der Waals surface area contributed by atoms with E-state index in [9.17, 15) is 9.59 Å². The highest BCUT2D eigenvalue weighted by Crippen LogP contribution is 2.07. The standard InChI is InChI=1S/C14H17O4/c1-3-9-17-13(15)11-5-7-12(8-6-11)14(16)18-10-4-2/h5-7H,3-4,9-10H2,1-2H3. The van der Waals surface area contributed by atoms with Crippen LogP contribution in [0.15, 0.2) is 18.2 Å². The normalized spacial score (nSPS) is 9.89. The minimum Gasteiger partial charge on any atom is -0.462 e. The van der Waals surface area contributed by atoms with E-state index in [1.807, 2.05) is 13.8 Å². The third-order valence-electron chi connectivity index (χ3n) is 2.14. The minimum atomic E-state index is -0.426. The summed E-state index contributed by atoms with van der Waals surface area (Å²) in [6.45, 7) is 4.61. The van der Waals surface area contributed by atoms with Gasteiger partial charge in [-0.25, -0.2) is 9.59 Å². The number of carbonyl (C=O) groups excluding carboxylic acids is 2. The maximum absolute atomic E-state index is 11.5. The number of rotatable bonds is 6. The molecule has 0 amide bonds. The molecular weight excluding hydrogens is 232 g/mol. The van der Waals surface area contributed by atoms with Crippen molar-refractivity contribution in [2.75, 3.05) is 13.2 Å². The van der Waals surface area contributed by atoms with Crippen LogP contribution in [0.25, 0.3) is 0 Å². The van der Waals surface area contributed by atoms with Crippen molar-refractivity contribution in [3.63, 3.8) is 0 Å². The molecule has 0 spiro atoms. The van der Waals surface area contributed by atoms with E-state index in [-0.39, 0.29) is 0 Å². The third kappa shape index (κ3) is 4.20. The van der Waals surface area contributed by atoms with Gasteiger partial charge in [-0.05, 0) is 37.1 Å². The summed E-state index contributed by atoms with van der Waals surface area (Å²) in [5.74, 6) is -0.827. The lowest BCUT2D eigenvalue weighted by Crippen LogP contribution is -2.08. The average molecular weight is 249 g/mol. The first-order valence-corrected chi connectivity index (χ1v) is 6.05. The molecule has 0 aliphatic carbocycles. The van der Waals surface area contributed by atoms with E-state index >= 15 is 0 Å². The van der Waals surface area contributed by atoms with E-state index in [2.05, 4.69) is 6.07 Å². The van der Waals surface area contributed by atoms with Gasteiger partial charge in [0.05, 0.1) is 24.3 Å². The zero-order chi connectivity index (χ0) is 13.4. The molecule has 0 bridgehead atoms. The van der Waals surface area contributed by atoms with E-state index in [4.69, 9.17) is 9.47 Å². The smallest absolute Gasteiger partial charge is 0.338 e. The van der Waals surface area contributed by atoms with Gasteiger partial charge < -0.3 is 9.47 Å². The number of esters is 2. The maximum Gasteiger partial charge on any atom is 0.338 e. The fourth-order valence-corrected chi connectivity index (χ4v) is 1.23. The van der Waals surface area contributed by atoms with Crippen molar-refractivity contribution in [3.05, 3.63) is 35.4 Å². The monoisotopic (exact) mass is 249 g/mol. The molecule has 0 N–H and O–H groups in total. The molecule has 97 valence electrons. The first-order valence-electron chi connectivity index (χ1n) is 6.05. The number of hydrogen-bond donors (Lipinski definition) is 0. The molecule has 0 heterocycles. The Morgan fingerprint density at radius 3 is 2.17 bits per heavy atom. The third-order valence-corrected chi connectivity index (χ3v) is 2.14. The van der Waals surface area contributed by atoms with Crippen LogP contribution in [-0.4, -0.2) is 25.2 Å². The van der Waals surface area contributed by atoms with Gasteiger partial charge in [0.1, 0.15) is 0 Å². The van der Waals surface area contributed by atoms with Gasteiger partial charge >= 0.3 is 11.9 Å². The molecule has 18 heavy (non-hydrogen) atoms. The summed E-state index contributed by atoms with van der Waals surface area (Å²) in [5, 5.41) is 0. The van der Waals surface area contributed by atoms with E-state index in [0.29, 0.717) is 24.3 Å². The Morgan fingerprint density at radius 2 is 1.67 bits per heavy atom. The number of ether oxygens (including phenoxy) is 2. The molecule has 4 nitrogen and oxygen atoms in total. The molecule has 4 heteroatoms. The van der Waals surface area contributed by atoms with Gasteiger partial charge in [0.2, 0.25) is 0 Å². The zero-order valence-electron chi connectivity index (χ0n) is 10.7. The lowest BCUT2D eigenvalue weighted by molar-refractivity contribution is 0.0490. The minimum absolute atomic E-state index is 0.315. The van der Waals surface area contributed by atoms with Crippen molar-refractivity contribution < 1.29 is 19.1 Å². The number of carbonyl (C=O) groups is 2. The second-order valence-corrected chi connectivity index (χ2v) is 3.76. The van der Waals surface area contributed by atoms with E-state index < -0.39 is 11.9 Å². The first-order chi connectivity index (χ1) is 8.69. The molecule has 0 saturated heterocycles. The van der Waals surface area contributed by atoms with Crippen LogP contribution in [0, 0.1) is 6.07 Å². The Hall–Kier alpha value is -1.84. The highest BCUT2D eigenvalue weighted by Gasteiger charge is 2.10. The highest BCUT2D eigenvalue weighted by atomic mass is 16.5. The second-order valence-electron chi connectivity index (χ2n) is 3.76. The molecule has 0 aliphatic rings. The first kappa shape index (κ1) is 14.2. The predicted molar refractivity (Wildman–Crippen MR) is 66.4 cm³/mol. The molecule has 1 rings (SSSR count). The Kier molecular flexibility index (Phi) is 5.91. The summed E-state index contributed by atoms with van der Waals surface area (Å²) in [6.07, 6.45) is 1.55. The molecule has 0 atom stereocenters. The number of hydrogen-bond acceptors (Lipinski definition) is 4. The van der Waals surface area contributed by atoms with E-state index in [1.54, 1.807) is 0 Å². The van der Waals surface area contributed by atoms with Crippen LogP contribution >= 0.6 is 0 Å². The van der Waals surface area contributed by atoms with Gasteiger partial charge in [0.25, 0.3) is 0 Å². The van der Waals surface area contributed by atoms with Crippen molar-refractivity contribution in [1.29, 1.82) is 0 Å². The van der Waals surface area contributed by atoms with E-state index in [1.165, 1.54) is 18.2 Å². The van der Waals surface area contributed by atoms with Gasteiger partial charge in [0, 0.05) is 0 Å². The maximum atomic E-state index is 11.5. The zero-order valence-corrected chi connectivity index (χ0v) is 10.7. The summed E-state index contributed by atoms with van der Waals surface area (Å²) in [6, 6.07) is 7.23. The summed E-state index contributed by atoms with van der Waals surface area (Å²) in [5.41, 5.74) is 0.700. The van der Waals surface area contributed by atoms with Gasteiger partial charge in [-0.3, -0.25) is 0 Å². The molecule has 0 aliphatic heterocycles. The highest BCUT2D eigenvalue weighted by molar-refractivity contribution is 5.93. The average Bonchev–Trinajstić information content (AvgIpc) is 2.42. The molecular formula is C14H17O4. The topological polar surface area (TPSA) is 52.6 Å².